The fourth-order valence-electron chi connectivity index (χ4n) is 2.38. The number of pyridine rings is 1. The first kappa shape index (κ1) is 7.78. The molecule has 1 aromatic rings. The average Bonchev–Trinajstić information content (AvgIpc) is 2.29. The van der Waals surface area contributed by atoms with Gasteiger partial charge in [0, 0.05) is 11.9 Å². The quantitative estimate of drug-likeness (QED) is 0.570. The molecule has 1 aliphatic rings. The number of hydrogen-bond donors (Lipinski definition) is 0. The highest BCUT2D eigenvalue weighted by molar-refractivity contribution is 5.38. The van der Waals surface area contributed by atoms with Gasteiger partial charge in [0.2, 0.25) is 0 Å². The topological polar surface area (TPSA) is 12.9 Å². The van der Waals surface area contributed by atoms with Gasteiger partial charge >= 0.3 is 0 Å². The highest BCUT2D eigenvalue weighted by Crippen LogP contribution is 2.41. The Balaban J connectivity index is 2.59. The van der Waals surface area contributed by atoms with Gasteiger partial charge in [-0.3, -0.25) is 4.98 Å². The van der Waals surface area contributed by atoms with E-state index in [1.54, 1.807) is 0 Å². The van der Waals surface area contributed by atoms with Gasteiger partial charge in [-0.05, 0) is 42.4 Å². The molecule has 1 heteroatoms. The Morgan fingerprint density at radius 1 is 1.33 bits per heavy atom. The lowest BCUT2D eigenvalue weighted by molar-refractivity contribution is 0.654. The molecule has 64 valence electrons. The van der Waals surface area contributed by atoms with Gasteiger partial charge in [0.05, 0.1) is 0 Å². The van der Waals surface area contributed by atoms with Crippen molar-refractivity contribution in [3.63, 3.8) is 0 Å². The molecule has 1 heterocycles. The summed E-state index contributed by atoms with van der Waals surface area (Å²) in [6.45, 7) is 6.76. The van der Waals surface area contributed by atoms with E-state index >= 15 is 0 Å². The highest BCUT2D eigenvalue weighted by Gasteiger charge is 2.27. The van der Waals surface area contributed by atoms with E-state index in [1.807, 2.05) is 6.20 Å². The maximum absolute atomic E-state index is 4.45. The molecule has 2 atom stereocenters. The van der Waals surface area contributed by atoms with Crippen molar-refractivity contribution >= 4 is 0 Å². The molecule has 0 saturated carbocycles. The number of aryl methyl sites for hydroxylation is 1. The zero-order chi connectivity index (χ0) is 8.72. The summed E-state index contributed by atoms with van der Waals surface area (Å²) in [4.78, 5) is 4.45. The summed E-state index contributed by atoms with van der Waals surface area (Å²) < 4.78 is 0. The van der Waals surface area contributed by atoms with Crippen LogP contribution in [-0.4, -0.2) is 4.98 Å². The molecular weight excluding hydrogens is 146 g/mol. The third kappa shape index (κ3) is 0.961. The number of hydrogen-bond acceptors (Lipinski definition) is 1. The monoisotopic (exact) mass is 161 g/mol. The summed E-state index contributed by atoms with van der Waals surface area (Å²) >= 11 is 0. The van der Waals surface area contributed by atoms with E-state index in [-0.39, 0.29) is 0 Å². The summed E-state index contributed by atoms with van der Waals surface area (Å²) in [7, 11) is 0. The Bertz CT molecular complexity index is 304. The highest BCUT2D eigenvalue weighted by atomic mass is 14.7. The Kier molecular flexibility index (Phi) is 1.67. The molecule has 0 spiro atoms. The van der Waals surface area contributed by atoms with Crippen molar-refractivity contribution in [2.45, 2.75) is 39.0 Å². The number of aromatic nitrogens is 1. The van der Waals surface area contributed by atoms with Gasteiger partial charge in [0.15, 0.2) is 0 Å². The van der Waals surface area contributed by atoms with E-state index in [9.17, 15) is 0 Å². The number of rotatable bonds is 0. The predicted molar refractivity (Wildman–Crippen MR) is 50.4 cm³/mol. The van der Waals surface area contributed by atoms with Gasteiger partial charge in [-0.2, -0.15) is 0 Å². The molecule has 1 aromatic heterocycles. The van der Waals surface area contributed by atoms with Crippen LogP contribution in [0.15, 0.2) is 12.3 Å². The summed E-state index contributed by atoms with van der Waals surface area (Å²) in [5.74, 6) is 1.37. The first-order valence-electron chi connectivity index (χ1n) is 4.65. The van der Waals surface area contributed by atoms with Crippen LogP contribution in [-0.2, 0) is 0 Å². The van der Waals surface area contributed by atoms with Gasteiger partial charge in [0.25, 0.3) is 0 Å². The molecule has 12 heavy (non-hydrogen) atoms. The van der Waals surface area contributed by atoms with Crippen LogP contribution in [0.4, 0.5) is 0 Å². The second kappa shape index (κ2) is 2.58. The van der Waals surface area contributed by atoms with Crippen molar-refractivity contribution in [2.75, 3.05) is 0 Å². The molecule has 0 N–H and O–H groups in total. The van der Waals surface area contributed by atoms with E-state index < -0.39 is 0 Å². The van der Waals surface area contributed by atoms with E-state index in [2.05, 4.69) is 31.8 Å². The maximum atomic E-state index is 4.45. The Labute approximate surface area is 73.8 Å². The lowest BCUT2D eigenvalue weighted by atomic mass is 10.0. The average molecular weight is 161 g/mol. The van der Waals surface area contributed by atoms with Crippen LogP contribution < -0.4 is 0 Å². The SMILES string of the molecule is Cc1ccnc2c1C(C)CC2C. The minimum Gasteiger partial charge on any atom is -0.261 e. The van der Waals surface area contributed by atoms with Gasteiger partial charge in [0.1, 0.15) is 0 Å². The first-order chi connectivity index (χ1) is 5.70. The Hall–Kier alpha value is -0.850. The van der Waals surface area contributed by atoms with Crippen molar-refractivity contribution < 1.29 is 0 Å². The second-order valence-electron chi connectivity index (χ2n) is 3.96. The molecule has 1 aliphatic carbocycles. The van der Waals surface area contributed by atoms with Crippen LogP contribution >= 0.6 is 0 Å². The largest absolute Gasteiger partial charge is 0.261 e. The standard InChI is InChI=1S/C11H15N/c1-7-4-5-12-11-9(3)6-8(2)10(7)11/h4-5,8-9H,6H2,1-3H3. The fourth-order valence-corrected chi connectivity index (χ4v) is 2.38. The minimum atomic E-state index is 0.662. The molecule has 0 saturated heterocycles. The Morgan fingerprint density at radius 3 is 2.75 bits per heavy atom. The molecule has 2 rings (SSSR count). The molecule has 0 aliphatic heterocycles. The molecule has 0 fully saturated rings. The maximum Gasteiger partial charge on any atom is 0.0469 e. The summed E-state index contributed by atoms with van der Waals surface area (Å²) in [5.41, 5.74) is 4.25. The van der Waals surface area contributed by atoms with Crippen molar-refractivity contribution in [1.29, 1.82) is 0 Å². The molecule has 0 bridgehead atoms. The van der Waals surface area contributed by atoms with Gasteiger partial charge < -0.3 is 0 Å². The van der Waals surface area contributed by atoms with Crippen LogP contribution in [0.1, 0.15) is 48.9 Å². The van der Waals surface area contributed by atoms with Gasteiger partial charge in [-0.15, -0.1) is 0 Å². The van der Waals surface area contributed by atoms with Crippen molar-refractivity contribution in [3.05, 3.63) is 29.1 Å². The summed E-state index contributed by atoms with van der Waals surface area (Å²) in [5, 5.41) is 0. The number of nitrogens with zero attached hydrogens (tertiary/aromatic N) is 1. The second-order valence-corrected chi connectivity index (χ2v) is 3.96. The molecule has 0 radical (unpaired) electrons. The van der Waals surface area contributed by atoms with Crippen LogP contribution in [0.2, 0.25) is 0 Å². The van der Waals surface area contributed by atoms with Crippen molar-refractivity contribution in [2.24, 2.45) is 0 Å². The molecule has 2 unspecified atom stereocenters. The predicted octanol–water partition coefficient (Wildman–Crippen LogP) is 3.00. The lowest BCUT2D eigenvalue weighted by Gasteiger charge is -2.06. The van der Waals surface area contributed by atoms with Crippen LogP contribution in [0.3, 0.4) is 0 Å². The number of fused-ring (bicyclic) bond motifs is 1. The molecule has 0 amide bonds. The molecular formula is C11H15N. The summed E-state index contributed by atoms with van der Waals surface area (Å²) in [6, 6.07) is 2.12. The molecule has 1 nitrogen and oxygen atoms in total. The smallest absolute Gasteiger partial charge is 0.0469 e. The van der Waals surface area contributed by atoms with Crippen molar-refractivity contribution in [1.82, 2.24) is 4.98 Å². The van der Waals surface area contributed by atoms with Crippen LogP contribution in [0.25, 0.3) is 0 Å². The van der Waals surface area contributed by atoms with Gasteiger partial charge in [-0.1, -0.05) is 13.8 Å². The zero-order valence-electron chi connectivity index (χ0n) is 7.96. The van der Waals surface area contributed by atoms with Crippen LogP contribution in [0, 0.1) is 6.92 Å². The van der Waals surface area contributed by atoms with Crippen molar-refractivity contribution in [3.8, 4) is 0 Å². The van der Waals surface area contributed by atoms with E-state index in [4.69, 9.17) is 0 Å². The minimum absolute atomic E-state index is 0.662. The lowest BCUT2D eigenvalue weighted by Crippen LogP contribution is -1.94. The molecule has 0 aromatic carbocycles. The first-order valence-corrected chi connectivity index (χ1v) is 4.65. The normalized spacial score (nSPS) is 27.2. The third-order valence-corrected chi connectivity index (χ3v) is 2.91. The van der Waals surface area contributed by atoms with Gasteiger partial charge in [-0.25, -0.2) is 0 Å². The Morgan fingerprint density at radius 2 is 2.08 bits per heavy atom. The van der Waals surface area contributed by atoms with Crippen LogP contribution in [0.5, 0.6) is 0 Å². The zero-order valence-corrected chi connectivity index (χ0v) is 7.96. The van der Waals surface area contributed by atoms with E-state index in [1.165, 1.54) is 23.2 Å². The fraction of sp³-hybridized carbons (Fsp3) is 0.545. The van der Waals surface area contributed by atoms with E-state index in [0.717, 1.165) is 0 Å². The summed E-state index contributed by atoms with van der Waals surface area (Å²) in [6.07, 6.45) is 3.20. The van der Waals surface area contributed by atoms with E-state index in [0.29, 0.717) is 11.8 Å². The third-order valence-electron chi connectivity index (χ3n) is 2.91.